The number of benzene rings is 2. The Hall–Kier alpha value is -0.670. The molecule has 0 amide bonds. The lowest BCUT2D eigenvalue weighted by Gasteiger charge is -2.13. The SMILES string of the molecule is C[NH2+]C1Cc2ccccc2Sc2ccc(Cl)cc21.[Cl-]. The highest BCUT2D eigenvalue weighted by Crippen LogP contribution is 2.40. The van der Waals surface area contributed by atoms with E-state index in [4.69, 9.17) is 11.6 Å². The van der Waals surface area contributed by atoms with Crippen molar-refractivity contribution in [3.05, 3.63) is 58.6 Å². The van der Waals surface area contributed by atoms with E-state index in [-0.39, 0.29) is 12.4 Å². The number of nitrogens with two attached hydrogens (primary N) is 1. The molecule has 0 fully saturated rings. The lowest BCUT2D eigenvalue weighted by molar-refractivity contribution is -0.670. The third-order valence-electron chi connectivity index (χ3n) is 3.41. The predicted octanol–water partition coefficient (Wildman–Crippen LogP) is 0.286. The van der Waals surface area contributed by atoms with Gasteiger partial charge in [-0.1, -0.05) is 41.6 Å². The Morgan fingerprint density at radius 3 is 2.74 bits per heavy atom. The second-order valence-electron chi connectivity index (χ2n) is 4.54. The van der Waals surface area contributed by atoms with E-state index in [1.807, 2.05) is 17.8 Å². The average molecular weight is 312 g/mol. The van der Waals surface area contributed by atoms with Crippen molar-refractivity contribution in [2.75, 3.05) is 7.05 Å². The van der Waals surface area contributed by atoms with E-state index in [1.54, 1.807) is 0 Å². The number of hydrogen-bond acceptors (Lipinski definition) is 1. The van der Waals surface area contributed by atoms with Crippen molar-refractivity contribution < 1.29 is 17.7 Å². The number of halogens is 2. The summed E-state index contributed by atoms with van der Waals surface area (Å²) < 4.78 is 0. The van der Waals surface area contributed by atoms with Crippen LogP contribution in [-0.4, -0.2) is 7.05 Å². The Kier molecular flexibility index (Phi) is 4.80. The first-order valence-corrected chi connectivity index (χ1v) is 7.32. The molecule has 1 aliphatic heterocycles. The van der Waals surface area contributed by atoms with Crippen LogP contribution in [-0.2, 0) is 6.42 Å². The lowest BCUT2D eigenvalue weighted by atomic mass is 9.99. The third-order valence-corrected chi connectivity index (χ3v) is 4.85. The van der Waals surface area contributed by atoms with Crippen molar-refractivity contribution >= 4 is 23.4 Å². The fourth-order valence-corrected chi connectivity index (χ4v) is 3.75. The standard InChI is InChI=1S/C15H14ClNS.ClH/c1-17-13-8-10-4-2-3-5-14(10)18-15-7-6-11(16)9-12(13)15;/h2-7,9,13,17H,8H2,1H3;1H. The molecule has 1 aliphatic rings. The average Bonchev–Trinajstić information content (AvgIpc) is 2.54. The number of fused-ring (bicyclic) bond motifs is 2. The first kappa shape index (κ1) is 14.7. The first-order chi connectivity index (χ1) is 8.78. The number of likely N-dealkylation sites (N-methyl/N-ethyl adjacent to an activating group) is 1. The van der Waals surface area contributed by atoms with E-state index in [9.17, 15) is 0 Å². The lowest BCUT2D eigenvalue weighted by Crippen LogP contribution is -3.00. The van der Waals surface area contributed by atoms with Gasteiger partial charge in [0, 0.05) is 26.8 Å². The molecule has 1 atom stereocenters. The van der Waals surface area contributed by atoms with Gasteiger partial charge in [-0.15, -0.1) is 0 Å². The van der Waals surface area contributed by atoms with Crippen LogP contribution >= 0.6 is 23.4 Å². The molecule has 19 heavy (non-hydrogen) atoms. The highest BCUT2D eigenvalue weighted by Gasteiger charge is 2.23. The van der Waals surface area contributed by atoms with Gasteiger partial charge in [0.2, 0.25) is 0 Å². The smallest absolute Gasteiger partial charge is 0.117 e. The summed E-state index contributed by atoms with van der Waals surface area (Å²) in [5.41, 5.74) is 2.78. The monoisotopic (exact) mass is 311 g/mol. The van der Waals surface area contributed by atoms with Crippen LogP contribution in [0.3, 0.4) is 0 Å². The van der Waals surface area contributed by atoms with Gasteiger partial charge in [0.25, 0.3) is 0 Å². The van der Waals surface area contributed by atoms with Gasteiger partial charge in [0.15, 0.2) is 0 Å². The first-order valence-electron chi connectivity index (χ1n) is 6.12. The molecule has 1 heterocycles. The minimum Gasteiger partial charge on any atom is -1.00 e. The summed E-state index contributed by atoms with van der Waals surface area (Å²) in [5.74, 6) is 0. The van der Waals surface area contributed by atoms with Crippen LogP contribution in [0.1, 0.15) is 17.2 Å². The minimum absolute atomic E-state index is 0. The maximum atomic E-state index is 6.14. The van der Waals surface area contributed by atoms with Gasteiger partial charge in [0.1, 0.15) is 6.04 Å². The second-order valence-corrected chi connectivity index (χ2v) is 6.06. The topological polar surface area (TPSA) is 16.6 Å². The summed E-state index contributed by atoms with van der Waals surface area (Å²) in [5, 5.41) is 3.10. The molecule has 0 radical (unpaired) electrons. The van der Waals surface area contributed by atoms with Crippen molar-refractivity contribution in [3.8, 4) is 0 Å². The normalized spacial score (nSPS) is 16.8. The van der Waals surface area contributed by atoms with Gasteiger partial charge in [-0.3, -0.25) is 0 Å². The Morgan fingerprint density at radius 2 is 1.95 bits per heavy atom. The maximum Gasteiger partial charge on any atom is 0.117 e. The molecule has 100 valence electrons. The molecular weight excluding hydrogens is 297 g/mol. The van der Waals surface area contributed by atoms with Gasteiger partial charge in [-0.05, 0) is 29.8 Å². The molecule has 0 saturated heterocycles. The molecule has 0 spiro atoms. The van der Waals surface area contributed by atoms with Crippen LogP contribution in [0.25, 0.3) is 0 Å². The minimum atomic E-state index is 0. The zero-order valence-corrected chi connectivity index (χ0v) is 12.9. The van der Waals surface area contributed by atoms with Crippen molar-refractivity contribution in [2.24, 2.45) is 0 Å². The van der Waals surface area contributed by atoms with Crippen LogP contribution in [0.5, 0.6) is 0 Å². The molecule has 3 rings (SSSR count). The summed E-state index contributed by atoms with van der Waals surface area (Å²) in [6, 6.07) is 15.3. The molecule has 2 N–H and O–H groups in total. The van der Waals surface area contributed by atoms with Gasteiger partial charge < -0.3 is 17.7 Å². The zero-order valence-electron chi connectivity index (χ0n) is 10.6. The Labute approximate surface area is 129 Å². The van der Waals surface area contributed by atoms with Crippen LogP contribution in [0.4, 0.5) is 0 Å². The van der Waals surface area contributed by atoms with Crippen LogP contribution in [0.2, 0.25) is 5.02 Å². The van der Waals surface area contributed by atoms with E-state index in [0.29, 0.717) is 6.04 Å². The Balaban J connectivity index is 0.00000133. The third kappa shape index (κ3) is 2.92. The highest BCUT2D eigenvalue weighted by atomic mass is 35.5. The summed E-state index contributed by atoms with van der Waals surface area (Å²) in [6.45, 7) is 0. The van der Waals surface area contributed by atoms with Crippen molar-refractivity contribution in [3.63, 3.8) is 0 Å². The Morgan fingerprint density at radius 1 is 1.16 bits per heavy atom. The molecule has 2 aromatic carbocycles. The largest absolute Gasteiger partial charge is 1.00 e. The fraction of sp³-hybridized carbons (Fsp3) is 0.200. The van der Waals surface area contributed by atoms with Crippen molar-refractivity contribution in [1.82, 2.24) is 0 Å². The predicted molar refractivity (Wildman–Crippen MR) is 76.3 cm³/mol. The van der Waals surface area contributed by atoms with Crippen LogP contribution < -0.4 is 17.7 Å². The van der Waals surface area contributed by atoms with Crippen molar-refractivity contribution in [1.29, 1.82) is 0 Å². The fourth-order valence-electron chi connectivity index (χ4n) is 2.44. The van der Waals surface area contributed by atoms with E-state index in [1.165, 1.54) is 20.9 Å². The molecule has 2 aromatic rings. The second kappa shape index (κ2) is 6.19. The molecule has 1 nitrogen and oxygen atoms in total. The highest BCUT2D eigenvalue weighted by molar-refractivity contribution is 7.99. The molecular formula is C15H15Cl2NS. The zero-order chi connectivity index (χ0) is 12.5. The van der Waals surface area contributed by atoms with E-state index >= 15 is 0 Å². The maximum absolute atomic E-state index is 6.14. The van der Waals surface area contributed by atoms with Gasteiger partial charge in [-0.25, -0.2) is 0 Å². The van der Waals surface area contributed by atoms with E-state index < -0.39 is 0 Å². The van der Waals surface area contributed by atoms with Gasteiger partial charge in [-0.2, -0.15) is 0 Å². The Bertz CT molecular complexity index is 586. The summed E-state index contributed by atoms with van der Waals surface area (Å²) in [6.07, 6.45) is 1.06. The number of quaternary nitrogens is 1. The molecule has 0 bridgehead atoms. The van der Waals surface area contributed by atoms with Crippen molar-refractivity contribution in [2.45, 2.75) is 22.3 Å². The van der Waals surface area contributed by atoms with E-state index in [0.717, 1.165) is 11.4 Å². The molecule has 0 saturated carbocycles. The molecule has 4 heteroatoms. The van der Waals surface area contributed by atoms with Crippen LogP contribution in [0.15, 0.2) is 52.3 Å². The van der Waals surface area contributed by atoms with E-state index in [2.05, 4.69) is 48.8 Å². The summed E-state index contributed by atoms with van der Waals surface area (Å²) >= 11 is 7.99. The summed E-state index contributed by atoms with van der Waals surface area (Å²) in [4.78, 5) is 2.69. The molecule has 0 aliphatic carbocycles. The van der Waals surface area contributed by atoms with Crippen LogP contribution in [0, 0.1) is 0 Å². The molecule has 1 unspecified atom stereocenters. The quantitative estimate of drug-likeness (QED) is 0.801. The number of rotatable bonds is 1. The van der Waals surface area contributed by atoms with Gasteiger partial charge >= 0.3 is 0 Å². The molecule has 0 aromatic heterocycles. The summed E-state index contributed by atoms with van der Waals surface area (Å²) in [7, 11) is 2.13. The van der Waals surface area contributed by atoms with Gasteiger partial charge in [0.05, 0.1) is 7.05 Å². The number of hydrogen-bond donors (Lipinski definition) is 1.